The van der Waals surface area contributed by atoms with Gasteiger partial charge in [0.2, 0.25) is 0 Å². The number of benzene rings is 1. The molecule has 0 bridgehead atoms. The fourth-order valence-electron chi connectivity index (χ4n) is 2.49. The molecule has 1 aliphatic rings. The topological polar surface area (TPSA) is 29.9 Å². The van der Waals surface area contributed by atoms with Gasteiger partial charge < -0.3 is 5.32 Å². The van der Waals surface area contributed by atoms with E-state index in [0.29, 0.717) is 6.04 Å². The first-order valence-corrected chi connectivity index (χ1v) is 6.59. The lowest BCUT2D eigenvalue weighted by atomic mass is 10.1. The molecule has 18 heavy (non-hydrogen) atoms. The number of hydrogen-bond acceptors (Lipinski definition) is 2. The molecule has 0 aliphatic heterocycles. The van der Waals surface area contributed by atoms with Crippen LogP contribution in [0.4, 0.5) is 0 Å². The summed E-state index contributed by atoms with van der Waals surface area (Å²) in [7, 11) is 1.96. The van der Waals surface area contributed by atoms with Crippen molar-refractivity contribution in [2.45, 2.75) is 24.8 Å². The maximum atomic E-state index is 4.18. The van der Waals surface area contributed by atoms with E-state index in [1.165, 1.54) is 17.5 Å². The third-order valence-electron chi connectivity index (χ3n) is 3.60. The first-order valence-electron chi connectivity index (χ1n) is 6.59. The highest BCUT2D eigenvalue weighted by atomic mass is 15.2. The van der Waals surface area contributed by atoms with Gasteiger partial charge in [-0.3, -0.25) is 4.68 Å². The van der Waals surface area contributed by atoms with Crippen LogP contribution >= 0.6 is 0 Å². The van der Waals surface area contributed by atoms with Crippen molar-refractivity contribution in [2.24, 2.45) is 7.05 Å². The molecule has 0 saturated heterocycles. The second-order valence-electron chi connectivity index (χ2n) is 5.09. The molecule has 2 atom stereocenters. The summed E-state index contributed by atoms with van der Waals surface area (Å²) in [5.74, 6) is 0.722. The van der Waals surface area contributed by atoms with Gasteiger partial charge in [-0.05, 0) is 30.5 Å². The van der Waals surface area contributed by atoms with Crippen LogP contribution in [0.25, 0.3) is 0 Å². The lowest BCUT2D eigenvalue weighted by Gasteiger charge is -2.03. The maximum Gasteiger partial charge on any atom is 0.0522 e. The van der Waals surface area contributed by atoms with Crippen molar-refractivity contribution in [1.29, 1.82) is 0 Å². The fourth-order valence-corrected chi connectivity index (χ4v) is 2.49. The Bertz CT molecular complexity index is 503. The minimum absolute atomic E-state index is 0.670. The number of aromatic nitrogens is 2. The van der Waals surface area contributed by atoms with Crippen LogP contribution in [0.1, 0.15) is 23.5 Å². The first-order chi connectivity index (χ1) is 8.83. The predicted molar refractivity (Wildman–Crippen MR) is 72.5 cm³/mol. The van der Waals surface area contributed by atoms with Crippen LogP contribution in [0, 0.1) is 0 Å². The van der Waals surface area contributed by atoms with Gasteiger partial charge in [-0.25, -0.2) is 0 Å². The van der Waals surface area contributed by atoms with Gasteiger partial charge in [-0.15, -0.1) is 0 Å². The van der Waals surface area contributed by atoms with Crippen molar-refractivity contribution in [3.8, 4) is 0 Å². The van der Waals surface area contributed by atoms with Crippen LogP contribution in [-0.2, 0) is 13.5 Å². The molecule has 1 aliphatic carbocycles. The zero-order chi connectivity index (χ0) is 12.4. The van der Waals surface area contributed by atoms with Gasteiger partial charge >= 0.3 is 0 Å². The fraction of sp³-hybridized carbons (Fsp3) is 0.400. The summed E-state index contributed by atoms with van der Waals surface area (Å²) in [5.41, 5.74) is 2.78. The Morgan fingerprint density at radius 2 is 2.17 bits per heavy atom. The number of hydrogen-bond donors (Lipinski definition) is 1. The summed E-state index contributed by atoms with van der Waals surface area (Å²) >= 11 is 0. The van der Waals surface area contributed by atoms with Gasteiger partial charge in [-0.2, -0.15) is 5.10 Å². The molecule has 1 aromatic heterocycles. The zero-order valence-corrected chi connectivity index (χ0v) is 10.7. The molecule has 3 nitrogen and oxygen atoms in total. The van der Waals surface area contributed by atoms with Crippen LogP contribution in [0.2, 0.25) is 0 Å². The molecule has 0 radical (unpaired) electrons. The molecule has 1 aromatic carbocycles. The van der Waals surface area contributed by atoms with E-state index >= 15 is 0 Å². The normalized spacial score (nSPS) is 22.1. The molecule has 3 heteroatoms. The molecule has 1 heterocycles. The van der Waals surface area contributed by atoms with Gasteiger partial charge in [0.25, 0.3) is 0 Å². The molecule has 1 N–H and O–H groups in total. The van der Waals surface area contributed by atoms with Crippen LogP contribution in [-0.4, -0.2) is 22.4 Å². The second kappa shape index (κ2) is 4.94. The lowest BCUT2D eigenvalue weighted by molar-refractivity contribution is 0.668. The van der Waals surface area contributed by atoms with Crippen molar-refractivity contribution in [2.75, 3.05) is 6.54 Å². The number of nitrogens with one attached hydrogen (secondary N) is 1. The minimum Gasteiger partial charge on any atom is -0.313 e. The average molecular weight is 241 g/mol. The summed E-state index contributed by atoms with van der Waals surface area (Å²) in [6, 6.07) is 11.5. The Hall–Kier alpha value is -1.61. The van der Waals surface area contributed by atoms with Crippen LogP contribution in [0.15, 0.2) is 42.7 Å². The Labute approximate surface area is 108 Å². The van der Waals surface area contributed by atoms with Crippen LogP contribution in [0.3, 0.4) is 0 Å². The Morgan fingerprint density at radius 3 is 2.89 bits per heavy atom. The molecule has 3 rings (SSSR count). The van der Waals surface area contributed by atoms with E-state index in [2.05, 4.69) is 46.9 Å². The van der Waals surface area contributed by atoms with E-state index in [4.69, 9.17) is 0 Å². The van der Waals surface area contributed by atoms with Gasteiger partial charge in [0.15, 0.2) is 0 Å². The highest BCUT2D eigenvalue weighted by Crippen LogP contribution is 2.40. The molecular weight excluding hydrogens is 222 g/mol. The second-order valence-corrected chi connectivity index (χ2v) is 5.09. The Balaban J connectivity index is 1.44. The molecule has 0 spiro atoms. The third kappa shape index (κ3) is 2.62. The summed E-state index contributed by atoms with van der Waals surface area (Å²) in [6.45, 7) is 1.04. The molecule has 1 saturated carbocycles. The van der Waals surface area contributed by atoms with Gasteiger partial charge in [0.1, 0.15) is 0 Å². The highest BCUT2D eigenvalue weighted by molar-refractivity contribution is 5.27. The van der Waals surface area contributed by atoms with E-state index in [1.807, 2.05) is 17.9 Å². The van der Waals surface area contributed by atoms with Crippen molar-refractivity contribution in [3.05, 3.63) is 53.9 Å². The van der Waals surface area contributed by atoms with Crippen LogP contribution < -0.4 is 5.32 Å². The number of nitrogens with zero attached hydrogens (tertiary/aromatic N) is 2. The highest BCUT2D eigenvalue weighted by Gasteiger charge is 2.37. The third-order valence-corrected chi connectivity index (χ3v) is 3.60. The summed E-state index contributed by atoms with van der Waals surface area (Å²) < 4.78 is 1.86. The van der Waals surface area contributed by atoms with Gasteiger partial charge in [0, 0.05) is 25.2 Å². The van der Waals surface area contributed by atoms with E-state index in [1.54, 1.807) is 0 Å². The monoisotopic (exact) mass is 241 g/mol. The van der Waals surface area contributed by atoms with Crippen molar-refractivity contribution < 1.29 is 0 Å². The van der Waals surface area contributed by atoms with E-state index < -0.39 is 0 Å². The molecule has 1 fully saturated rings. The number of aryl methyl sites for hydroxylation is 1. The quantitative estimate of drug-likeness (QED) is 0.869. The first kappa shape index (κ1) is 11.5. The largest absolute Gasteiger partial charge is 0.313 e. The standard InChI is InChI=1S/C15H19N3/c1-18-11-12(10-17-18)7-8-16-15-9-14(15)13-5-3-2-4-6-13/h2-6,10-11,14-16H,7-9H2,1H3. The van der Waals surface area contributed by atoms with E-state index in [-0.39, 0.29) is 0 Å². The van der Waals surface area contributed by atoms with E-state index in [0.717, 1.165) is 18.9 Å². The van der Waals surface area contributed by atoms with Crippen molar-refractivity contribution >= 4 is 0 Å². The van der Waals surface area contributed by atoms with Gasteiger partial charge in [0.05, 0.1) is 6.20 Å². The summed E-state index contributed by atoms with van der Waals surface area (Å²) in [4.78, 5) is 0. The SMILES string of the molecule is Cn1cc(CCNC2CC2c2ccccc2)cn1. The lowest BCUT2D eigenvalue weighted by Crippen LogP contribution is -2.20. The Morgan fingerprint density at radius 1 is 1.33 bits per heavy atom. The average Bonchev–Trinajstić information content (AvgIpc) is 3.05. The van der Waals surface area contributed by atoms with Gasteiger partial charge in [-0.1, -0.05) is 30.3 Å². The van der Waals surface area contributed by atoms with Crippen LogP contribution in [0.5, 0.6) is 0 Å². The Kier molecular flexibility index (Phi) is 3.15. The smallest absolute Gasteiger partial charge is 0.0522 e. The van der Waals surface area contributed by atoms with E-state index in [9.17, 15) is 0 Å². The molecule has 2 unspecified atom stereocenters. The molecule has 94 valence electrons. The minimum atomic E-state index is 0.670. The molecule has 2 aromatic rings. The van der Waals surface area contributed by atoms with Crippen molar-refractivity contribution in [1.82, 2.24) is 15.1 Å². The molecular formula is C15H19N3. The summed E-state index contributed by atoms with van der Waals surface area (Å²) in [5, 5.41) is 7.81. The zero-order valence-electron chi connectivity index (χ0n) is 10.7. The summed E-state index contributed by atoms with van der Waals surface area (Å²) in [6.07, 6.45) is 6.37. The maximum absolute atomic E-state index is 4.18. The van der Waals surface area contributed by atoms with Crippen molar-refractivity contribution in [3.63, 3.8) is 0 Å². The number of rotatable bonds is 5. The molecule has 0 amide bonds. The predicted octanol–water partition coefficient (Wildman–Crippen LogP) is 2.11.